The molecule has 0 unspecified atom stereocenters. The minimum Gasteiger partial charge on any atom is -0.367 e. The number of benzene rings is 1. The fraction of sp³-hybridized carbons (Fsp3) is 0.267. The van der Waals surface area contributed by atoms with E-state index in [1.807, 2.05) is 18.2 Å². The molecule has 1 amide bonds. The minimum atomic E-state index is -0.579. The van der Waals surface area contributed by atoms with Gasteiger partial charge in [0.05, 0.1) is 5.56 Å². The molecule has 0 spiro atoms. The third-order valence-corrected chi connectivity index (χ3v) is 4.80. The molecule has 7 heteroatoms. The molecule has 2 aromatic rings. The number of primary amides is 1. The highest BCUT2D eigenvalue weighted by Gasteiger charge is 2.45. The summed E-state index contributed by atoms with van der Waals surface area (Å²) in [5, 5.41) is 11.1. The van der Waals surface area contributed by atoms with Crippen molar-refractivity contribution in [1.29, 1.82) is 0 Å². The number of halogens is 2. The number of nitrogens with zero attached hydrogens (tertiary/aromatic N) is 2. The Labute approximate surface area is 141 Å². The van der Waals surface area contributed by atoms with E-state index in [0.29, 0.717) is 12.4 Å². The van der Waals surface area contributed by atoms with Crippen molar-refractivity contribution in [3.05, 3.63) is 51.1 Å². The van der Waals surface area contributed by atoms with Gasteiger partial charge in [0.15, 0.2) is 11.0 Å². The summed E-state index contributed by atoms with van der Waals surface area (Å²) in [6.07, 6.45) is 2.16. The normalized spacial score (nSPS) is 15.4. The summed E-state index contributed by atoms with van der Waals surface area (Å²) in [6, 6.07) is 9.59. The van der Waals surface area contributed by atoms with Gasteiger partial charge in [-0.1, -0.05) is 45.7 Å². The lowest BCUT2D eigenvalue weighted by molar-refractivity contribution is 0.100. The Balaban J connectivity index is 1.82. The molecule has 1 aromatic carbocycles. The van der Waals surface area contributed by atoms with E-state index in [0.717, 1.165) is 17.3 Å². The van der Waals surface area contributed by atoms with Gasteiger partial charge in [-0.3, -0.25) is 4.79 Å². The zero-order valence-corrected chi connectivity index (χ0v) is 14.0. The first-order valence-electron chi connectivity index (χ1n) is 6.84. The number of nitrogens with two attached hydrogens (primary N) is 1. The molecule has 1 heterocycles. The molecule has 1 fully saturated rings. The highest BCUT2D eigenvalue weighted by molar-refractivity contribution is 9.10. The van der Waals surface area contributed by atoms with Crippen LogP contribution in [0.15, 0.2) is 34.8 Å². The van der Waals surface area contributed by atoms with Crippen LogP contribution >= 0.6 is 27.5 Å². The molecule has 1 aliphatic rings. The molecule has 5 nitrogen and oxygen atoms in total. The van der Waals surface area contributed by atoms with Crippen LogP contribution in [0.3, 0.4) is 0 Å². The number of carbonyl (C=O) groups excluding carboxylic acids is 1. The number of anilines is 1. The first-order valence-corrected chi connectivity index (χ1v) is 8.01. The van der Waals surface area contributed by atoms with Crippen LogP contribution in [-0.2, 0) is 5.41 Å². The van der Waals surface area contributed by atoms with E-state index in [1.54, 1.807) is 0 Å². The molecule has 0 atom stereocenters. The van der Waals surface area contributed by atoms with Gasteiger partial charge in [-0.25, -0.2) is 0 Å². The molecule has 3 rings (SSSR count). The molecule has 22 heavy (non-hydrogen) atoms. The van der Waals surface area contributed by atoms with Gasteiger partial charge in [0.1, 0.15) is 0 Å². The fourth-order valence-electron chi connectivity index (χ4n) is 2.52. The number of hydrogen-bond donors (Lipinski definition) is 2. The highest BCUT2D eigenvalue weighted by atomic mass is 79.9. The Hall–Kier alpha value is -1.66. The number of hydrogen-bond acceptors (Lipinski definition) is 4. The van der Waals surface area contributed by atoms with Crippen LogP contribution in [0, 0.1) is 0 Å². The van der Waals surface area contributed by atoms with E-state index in [9.17, 15) is 4.79 Å². The van der Waals surface area contributed by atoms with Crippen molar-refractivity contribution in [3.63, 3.8) is 0 Å². The largest absolute Gasteiger partial charge is 0.367 e. The summed E-state index contributed by atoms with van der Waals surface area (Å²) in [5.74, 6) is -0.208. The smallest absolute Gasteiger partial charge is 0.252 e. The van der Waals surface area contributed by atoms with Crippen molar-refractivity contribution in [3.8, 4) is 0 Å². The maximum atomic E-state index is 11.5. The molecular formula is C15H14BrClN4O. The number of amides is 1. The van der Waals surface area contributed by atoms with E-state index in [2.05, 4.69) is 37.5 Å². The summed E-state index contributed by atoms with van der Waals surface area (Å²) in [7, 11) is 0. The summed E-state index contributed by atoms with van der Waals surface area (Å²) in [4.78, 5) is 11.5. The maximum absolute atomic E-state index is 11.5. The lowest BCUT2D eigenvalue weighted by atomic mass is 9.96. The monoisotopic (exact) mass is 380 g/mol. The van der Waals surface area contributed by atoms with Gasteiger partial charge in [-0.05, 0) is 30.5 Å². The second-order valence-electron chi connectivity index (χ2n) is 5.41. The molecular weight excluding hydrogens is 368 g/mol. The number of carbonyl (C=O) groups is 1. The van der Waals surface area contributed by atoms with E-state index in [-0.39, 0.29) is 16.1 Å². The Morgan fingerprint density at radius 1 is 1.36 bits per heavy atom. The number of rotatable bonds is 5. The minimum absolute atomic E-state index is 0.0519. The lowest BCUT2D eigenvalue weighted by Crippen LogP contribution is -2.23. The van der Waals surface area contributed by atoms with Gasteiger partial charge in [0.2, 0.25) is 0 Å². The molecule has 0 bridgehead atoms. The number of aromatic nitrogens is 2. The van der Waals surface area contributed by atoms with E-state index < -0.39 is 5.91 Å². The van der Waals surface area contributed by atoms with Gasteiger partial charge in [-0.15, -0.1) is 10.2 Å². The first kappa shape index (κ1) is 15.2. The van der Waals surface area contributed by atoms with Crippen LogP contribution in [0.25, 0.3) is 0 Å². The van der Waals surface area contributed by atoms with E-state index >= 15 is 0 Å². The SMILES string of the molecule is NC(=O)c1cc(Cl)nnc1NCC1(c2ccccc2Br)CC1. The van der Waals surface area contributed by atoms with E-state index in [4.69, 9.17) is 17.3 Å². The quantitative estimate of drug-likeness (QED) is 0.834. The molecule has 3 N–H and O–H groups in total. The van der Waals surface area contributed by atoms with Crippen molar-refractivity contribution in [2.75, 3.05) is 11.9 Å². The van der Waals surface area contributed by atoms with Crippen molar-refractivity contribution in [2.24, 2.45) is 5.73 Å². The zero-order valence-electron chi connectivity index (χ0n) is 11.6. The predicted molar refractivity (Wildman–Crippen MR) is 89.1 cm³/mol. The molecule has 0 saturated heterocycles. The van der Waals surface area contributed by atoms with Crippen LogP contribution in [0.4, 0.5) is 5.82 Å². The molecule has 0 radical (unpaired) electrons. The average molecular weight is 382 g/mol. The predicted octanol–water partition coefficient (Wildman–Crippen LogP) is 3.14. The van der Waals surface area contributed by atoms with Gasteiger partial charge >= 0.3 is 0 Å². The third kappa shape index (κ3) is 2.94. The Morgan fingerprint density at radius 3 is 2.73 bits per heavy atom. The summed E-state index contributed by atoms with van der Waals surface area (Å²) < 4.78 is 1.09. The van der Waals surface area contributed by atoms with Crippen LogP contribution in [0.5, 0.6) is 0 Å². The second-order valence-corrected chi connectivity index (χ2v) is 6.65. The Bertz CT molecular complexity index is 733. The fourth-order valence-corrected chi connectivity index (χ4v) is 3.38. The molecule has 1 saturated carbocycles. The Morgan fingerprint density at radius 2 is 2.09 bits per heavy atom. The summed E-state index contributed by atoms with van der Waals surface area (Å²) in [5.41, 5.74) is 6.92. The standard InChI is InChI=1S/C15H14BrClN4O/c16-11-4-2-1-3-10(11)15(5-6-15)8-19-14-9(13(18)22)7-12(17)20-21-14/h1-4,7H,5-6,8H2,(H2,18,22)(H,19,21). The maximum Gasteiger partial charge on any atom is 0.252 e. The van der Waals surface area contributed by atoms with Crippen molar-refractivity contribution >= 4 is 39.3 Å². The van der Waals surface area contributed by atoms with Crippen molar-refractivity contribution in [2.45, 2.75) is 18.3 Å². The van der Waals surface area contributed by atoms with Crippen LogP contribution in [0.2, 0.25) is 5.15 Å². The van der Waals surface area contributed by atoms with E-state index in [1.165, 1.54) is 11.6 Å². The zero-order chi connectivity index (χ0) is 15.7. The van der Waals surface area contributed by atoms with Crippen molar-refractivity contribution in [1.82, 2.24) is 10.2 Å². The van der Waals surface area contributed by atoms with Gasteiger partial charge in [0, 0.05) is 16.4 Å². The van der Waals surface area contributed by atoms with Gasteiger partial charge < -0.3 is 11.1 Å². The third-order valence-electron chi connectivity index (χ3n) is 3.92. The van der Waals surface area contributed by atoms with Crippen LogP contribution in [0.1, 0.15) is 28.8 Å². The second kappa shape index (κ2) is 5.85. The molecule has 0 aliphatic heterocycles. The Kier molecular flexibility index (Phi) is 4.06. The summed E-state index contributed by atoms with van der Waals surface area (Å²) >= 11 is 9.36. The highest BCUT2D eigenvalue weighted by Crippen LogP contribution is 2.50. The molecule has 1 aromatic heterocycles. The average Bonchev–Trinajstić information content (AvgIpc) is 3.27. The first-order chi connectivity index (χ1) is 10.5. The molecule has 1 aliphatic carbocycles. The lowest BCUT2D eigenvalue weighted by Gasteiger charge is -2.19. The van der Waals surface area contributed by atoms with Gasteiger partial charge in [0.25, 0.3) is 5.91 Å². The number of nitrogens with one attached hydrogen (secondary N) is 1. The summed E-state index contributed by atoms with van der Waals surface area (Å²) in [6.45, 7) is 0.659. The topological polar surface area (TPSA) is 80.9 Å². The van der Waals surface area contributed by atoms with Crippen LogP contribution < -0.4 is 11.1 Å². The van der Waals surface area contributed by atoms with Crippen LogP contribution in [-0.4, -0.2) is 22.6 Å². The van der Waals surface area contributed by atoms with Crippen molar-refractivity contribution < 1.29 is 4.79 Å². The molecule has 114 valence electrons. The van der Waals surface area contributed by atoms with Gasteiger partial charge in [-0.2, -0.15) is 0 Å².